The summed E-state index contributed by atoms with van der Waals surface area (Å²) in [5, 5.41) is 20.7. The summed E-state index contributed by atoms with van der Waals surface area (Å²) < 4.78 is 5.42. The standard InChI is InChI=1S/C22H25N3O5/c1-25-10-11-30-14-19(25)20(22(28)24-29)23-21(27)16-8-6-15(7-9-16)4-2-3-5-17-12-18(17)13-26/h6-9,17-20,26,29H,10-14H2,1H3,(H,23,27)(H,24,28)/t17?,18?,19-,20+/m1/s1. The summed E-state index contributed by atoms with van der Waals surface area (Å²) in [6, 6.07) is 5.28. The van der Waals surface area contributed by atoms with Crippen molar-refractivity contribution < 1.29 is 24.6 Å². The average molecular weight is 411 g/mol. The first-order chi connectivity index (χ1) is 14.5. The zero-order valence-corrected chi connectivity index (χ0v) is 16.7. The number of rotatable bonds is 5. The molecule has 2 unspecified atom stereocenters. The topological polar surface area (TPSA) is 111 Å². The lowest BCUT2D eigenvalue weighted by Gasteiger charge is -2.36. The lowest BCUT2D eigenvalue weighted by molar-refractivity contribution is -0.134. The number of hydrogen-bond acceptors (Lipinski definition) is 6. The quantitative estimate of drug-likeness (QED) is 0.298. The van der Waals surface area contributed by atoms with E-state index in [9.17, 15) is 9.59 Å². The monoisotopic (exact) mass is 411 g/mol. The van der Waals surface area contributed by atoms with Crippen LogP contribution in [0.3, 0.4) is 0 Å². The molecule has 8 nitrogen and oxygen atoms in total. The Morgan fingerprint density at radius 1 is 1.30 bits per heavy atom. The molecule has 1 aliphatic carbocycles. The van der Waals surface area contributed by atoms with Gasteiger partial charge in [-0.3, -0.25) is 19.7 Å². The molecule has 1 aromatic rings. The van der Waals surface area contributed by atoms with Crippen LogP contribution in [0.5, 0.6) is 0 Å². The van der Waals surface area contributed by atoms with E-state index < -0.39 is 23.9 Å². The Balaban J connectivity index is 1.62. The maximum absolute atomic E-state index is 12.6. The third-order valence-electron chi connectivity index (χ3n) is 5.34. The lowest BCUT2D eigenvalue weighted by Crippen LogP contribution is -2.61. The number of aliphatic hydroxyl groups excluding tert-OH is 1. The number of carbonyl (C=O) groups is 2. The highest BCUT2D eigenvalue weighted by atomic mass is 16.5. The molecule has 1 aliphatic heterocycles. The first-order valence-electron chi connectivity index (χ1n) is 9.78. The summed E-state index contributed by atoms with van der Waals surface area (Å²) >= 11 is 0. The van der Waals surface area contributed by atoms with Crippen molar-refractivity contribution in [3.05, 3.63) is 35.4 Å². The molecule has 3 rings (SSSR count). The molecule has 158 valence electrons. The smallest absolute Gasteiger partial charge is 0.267 e. The Morgan fingerprint density at radius 2 is 2.07 bits per heavy atom. The highest BCUT2D eigenvalue weighted by Crippen LogP contribution is 2.36. The van der Waals surface area contributed by atoms with E-state index in [0.717, 1.165) is 6.42 Å². The van der Waals surface area contributed by atoms with Gasteiger partial charge in [-0.2, -0.15) is 0 Å². The first-order valence-corrected chi connectivity index (χ1v) is 9.78. The van der Waals surface area contributed by atoms with Gasteiger partial charge in [-0.05, 0) is 55.5 Å². The number of benzene rings is 1. The molecule has 30 heavy (non-hydrogen) atoms. The van der Waals surface area contributed by atoms with E-state index >= 15 is 0 Å². The molecule has 4 atom stereocenters. The normalized spacial score (nSPS) is 23.8. The molecule has 0 aromatic heterocycles. The van der Waals surface area contributed by atoms with Crippen molar-refractivity contribution in [3.63, 3.8) is 0 Å². The number of likely N-dealkylation sites (N-methyl/N-ethyl adjacent to an activating group) is 1. The minimum Gasteiger partial charge on any atom is -0.396 e. The molecule has 1 saturated carbocycles. The Bertz CT molecular complexity index is 893. The Kier molecular flexibility index (Phi) is 7.45. The van der Waals surface area contributed by atoms with Crippen LogP contribution in [0, 0.1) is 35.5 Å². The molecule has 2 aliphatic rings. The van der Waals surface area contributed by atoms with Crippen LogP contribution in [-0.2, 0) is 9.53 Å². The van der Waals surface area contributed by atoms with Crippen molar-refractivity contribution in [2.24, 2.45) is 11.8 Å². The summed E-state index contributed by atoms with van der Waals surface area (Å²) in [5.41, 5.74) is 2.69. The molecule has 0 radical (unpaired) electrons. The van der Waals surface area contributed by atoms with Gasteiger partial charge in [0.2, 0.25) is 0 Å². The van der Waals surface area contributed by atoms with E-state index in [4.69, 9.17) is 15.1 Å². The number of ether oxygens (including phenoxy) is 1. The Morgan fingerprint density at radius 3 is 2.70 bits per heavy atom. The van der Waals surface area contributed by atoms with Crippen LogP contribution in [0.4, 0.5) is 0 Å². The van der Waals surface area contributed by atoms with Crippen LogP contribution < -0.4 is 10.8 Å². The molecule has 1 saturated heterocycles. The van der Waals surface area contributed by atoms with Crippen molar-refractivity contribution in [2.45, 2.75) is 18.5 Å². The fraction of sp³-hybridized carbons (Fsp3) is 0.455. The van der Waals surface area contributed by atoms with Gasteiger partial charge in [0.15, 0.2) is 0 Å². The second kappa shape index (κ2) is 10.2. The number of morpholine rings is 1. The van der Waals surface area contributed by atoms with Gasteiger partial charge in [-0.1, -0.05) is 11.8 Å². The molecule has 0 bridgehead atoms. The summed E-state index contributed by atoms with van der Waals surface area (Å²) in [6.07, 6.45) is 0.924. The number of aliphatic hydroxyl groups is 1. The first kappa shape index (κ1) is 21.8. The zero-order chi connectivity index (χ0) is 21.5. The third-order valence-corrected chi connectivity index (χ3v) is 5.34. The van der Waals surface area contributed by atoms with Gasteiger partial charge in [0.1, 0.15) is 6.04 Å². The zero-order valence-electron chi connectivity index (χ0n) is 16.7. The van der Waals surface area contributed by atoms with Crippen LogP contribution >= 0.6 is 0 Å². The van der Waals surface area contributed by atoms with Gasteiger partial charge in [-0.15, -0.1) is 0 Å². The van der Waals surface area contributed by atoms with E-state index in [1.807, 2.05) is 11.9 Å². The van der Waals surface area contributed by atoms with Crippen LogP contribution in [0.25, 0.3) is 0 Å². The van der Waals surface area contributed by atoms with Crippen LogP contribution in [0.2, 0.25) is 0 Å². The Labute approximate surface area is 175 Å². The third kappa shape index (κ3) is 5.59. The molecular weight excluding hydrogens is 386 g/mol. The molecular formula is C22H25N3O5. The van der Waals surface area contributed by atoms with Gasteiger partial charge < -0.3 is 15.2 Å². The number of hydrogen-bond donors (Lipinski definition) is 4. The van der Waals surface area contributed by atoms with E-state index in [1.54, 1.807) is 29.7 Å². The van der Waals surface area contributed by atoms with Gasteiger partial charge in [0.05, 0.1) is 19.3 Å². The van der Waals surface area contributed by atoms with Gasteiger partial charge in [0.25, 0.3) is 11.8 Å². The van der Waals surface area contributed by atoms with Crippen molar-refractivity contribution in [1.29, 1.82) is 0 Å². The largest absolute Gasteiger partial charge is 0.396 e. The molecule has 0 spiro atoms. The second-order valence-corrected chi connectivity index (χ2v) is 7.43. The number of amides is 2. The Hall–Kier alpha value is -2.88. The summed E-state index contributed by atoms with van der Waals surface area (Å²) in [5.74, 6) is 10.9. The highest BCUT2D eigenvalue weighted by Gasteiger charge is 2.35. The fourth-order valence-electron chi connectivity index (χ4n) is 3.25. The molecule has 1 heterocycles. The predicted octanol–water partition coefficient (Wildman–Crippen LogP) is -0.396. The molecule has 2 amide bonds. The predicted molar refractivity (Wildman–Crippen MR) is 108 cm³/mol. The van der Waals surface area contributed by atoms with Gasteiger partial charge >= 0.3 is 0 Å². The van der Waals surface area contributed by atoms with E-state index in [1.165, 1.54) is 0 Å². The number of nitrogens with zero attached hydrogens (tertiary/aromatic N) is 1. The highest BCUT2D eigenvalue weighted by molar-refractivity contribution is 5.97. The van der Waals surface area contributed by atoms with Crippen molar-refractivity contribution >= 4 is 11.8 Å². The summed E-state index contributed by atoms with van der Waals surface area (Å²) in [6.45, 7) is 1.60. The molecule has 1 aromatic carbocycles. The second-order valence-electron chi connectivity index (χ2n) is 7.43. The SMILES string of the molecule is CN1CCOC[C@@H]1[C@H](NC(=O)c1ccc(C#CC#CC2CC2CO)cc1)C(=O)NO. The number of carbonyl (C=O) groups excluding carboxylic acids is 2. The van der Waals surface area contributed by atoms with Crippen molar-refractivity contribution in [2.75, 3.05) is 33.4 Å². The maximum Gasteiger partial charge on any atom is 0.267 e. The number of hydroxylamine groups is 1. The van der Waals surface area contributed by atoms with Crippen LogP contribution in [0.1, 0.15) is 22.3 Å². The maximum atomic E-state index is 12.6. The van der Waals surface area contributed by atoms with Crippen LogP contribution in [-0.4, -0.2) is 72.5 Å². The lowest BCUT2D eigenvalue weighted by atomic mass is 10.0. The van der Waals surface area contributed by atoms with Crippen molar-refractivity contribution in [1.82, 2.24) is 15.7 Å². The molecule has 4 N–H and O–H groups in total. The van der Waals surface area contributed by atoms with E-state index in [0.29, 0.717) is 24.3 Å². The van der Waals surface area contributed by atoms with E-state index in [-0.39, 0.29) is 25.0 Å². The molecule has 8 heteroatoms. The van der Waals surface area contributed by atoms with Gasteiger partial charge in [0, 0.05) is 30.2 Å². The average Bonchev–Trinajstić information content (AvgIpc) is 3.54. The van der Waals surface area contributed by atoms with E-state index in [2.05, 4.69) is 29.0 Å². The minimum atomic E-state index is -0.965. The fourth-order valence-corrected chi connectivity index (χ4v) is 3.25. The molecule has 2 fully saturated rings. The summed E-state index contributed by atoms with van der Waals surface area (Å²) in [4.78, 5) is 26.7. The summed E-state index contributed by atoms with van der Waals surface area (Å²) in [7, 11) is 1.83. The van der Waals surface area contributed by atoms with Crippen LogP contribution in [0.15, 0.2) is 24.3 Å². The number of nitrogens with one attached hydrogen (secondary N) is 2. The minimum absolute atomic E-state index is 0.168. The van der Waals surface area contributed by atoms with Crippen molar-refractivity contribution in [3.8, 4) is 23.7 Å². The van der Waals surface area contributed by atoms with Gasteiger partial charge in [-0.25, -0.2) is 5.48 Å².